The van der Waals surface area contributed by atoms with Crippen LogP contribution in [0.2, 0.25) is 0 Å². The Morgan fingerprint density at radius 1 is 1.23 bits per heavy atom. The first-order valence-corrected chi connectivity index (χ1v) is 10.6. The largest absolute Gasteiger partial charge is 0.385 e. The highest BCUT2D eigenvalue weighted by Crippen LogP contribution is 2.14. The van der Waals surface area contributed by atoms with Crippen molar-refractivity contribution in [1.82, 2.24) is 15.5 Å². The number of aryl methyl sites for hydroxylation is 1. The summed E-state index contributed by atoms with van der Waals surface area (Å²) in [5.74, 6) is 0.857. The molecule has 0 aromatic heterocycles. The first kappa shape index (κ1) is 26.6. The first-order valence-electron chi connectivity index (χ1n) is 10.6. The van der Waals surface area contributed by atoms with Crippen LogP contribution in [0.5, 0.6) is 0 Å². The van der Waals surface area contributed by atoms with Crippen LogP contribution in [-0.2, 0) is 9.47 Å². The van der Waals surface area contributed by atoms with Crippen LogP contribution in [-0.4, -0.2) is 75.9 Å². The van der Waals surface area contributed by atoms with Crippen molar-refractivity contribution in [3.8, 4) is 0 Å². The number of amides is 1. The number of halogens is 1. The molecule has 0 atom stereocenters. The Labute approximate surface area is 198 Å². The third-order valence-corrected chi connectivity index (χ3v) is 4.86. The quantitative estimate of drug-likeness (QED) is 0.210. The van der Waals surface area contributed by atoms with Crippen LogP contribution < -0.4 is 10.6 Å². The molecular formula is C22H37IN4O3. The van der Waals surface area contributed by atoms with Gasteiger partial charge in [-0.2, -0.15) is 0 Å². The van der Waals surface area contributed by atoms with Gasteiger partial charge in [0.15, 0.2) is 5.96 Å². The van der Waals surface area contributed by atoms with E-state index in [0.29, 0.717) is 24.8 Å². The number of guanidine groups is 1. The minimum atomic E-state index is -0.0552. The second kappa shape index (κ2) is 15.4. The Balaban J connectivity index is 0.00000450. The molecule has 7 nitrogen and oxygen atoms in total. The van der Waals surface area contributed by atoms with E-state index in [1.165, 1.54) is 0 Å². The minimum absolute atomic E-state index is 0. The summed E-state index contributed by atoms with van der Waals surface area (Å²) in [4.78, 5) is 19.2. The van der Waals surface area contributed by atoms with Gasteiger partial charge in [-0.1, -0.05) is 17.7 Å². The van der Waals surface area contributed by atoms with E-state index in [-0.39, 0.29) is 29.9 Å². The molecule has 0 bridgehead atoms. The molecule has 1 aromatic carbocycles. The van der Waals surface area contributed by atoms with Crippen molar-refractivity contribution in [2.75, 3.05) is 53.0 Å². The number of methoxy groups -OCH3 is 1. The number of carbonyl (C=O) groups is 1. The summed E-state index contributed by atoms with van der Waals surface area (Å²) < 4.78 is 11.0. The smallest absolute Gasteiger partial charge is 0.251 e. The van der Waals surface area contributed by atoms with Gasteiger partial charge in [0.1, 0.15) is 0 Å². The zero-order valence-corrected chi connectivity index (χ0v) is 20.8. The first-order chi connectivity index (χ1) is 14.1. The number of nitrogens with one attached hydrogen (secondary N) is 2. The van der Waals surface area contributed by atoms with Crippen LogP contribution in [0.3, 0.4) is 0 Å². The number of hydrogen-bond acceptors (Lipinski definition) is 4. The van der Waals surface area contributed by atoms with Crippen LogP contribution in [0.1, 0.15) is 42.1 Å². The van der Waals surface area contributed by atoms with Gasteiger partial charge in [-0.05, 0) is 45.2 Å². The van der Waals surface area contributed by atoms with Gasteiger partial charge in [-0.3, -0.25) is 9.79 Å². The average molecular weight is 532 g/mol. The minimum Gasteiger partial charge on any atom is -0.385 e. The van der Waals surface area contributed by atoms with Gasteiger partial charge in [-0.25, -0.2) is 0 Å². The van der Waals surface area contributed by atoms with E-state index >= 15 is 0 Å². The Hall–Kier alpha value is -1.39. The third kappa shape index (κ3) is 9.61. The molecule has 1 amide bonds. The van der Waals surface area contributed by atoms with Crippen molar-refractivity contribution >= 4 is 35.8 Å². The number of hydrogen-bond donors (Lipinski definition) is 2. The second-order valence-corrected chi connectivity index (χ2v) is 7.26. The molecular weight excluding hydrogens is 495 g/mol. The predicted octanol–water partition coefficient (Wildman–Crippen LogP) is 2.83. The van der Waals surface area contributed by atoms with Crippen LogP contribution in [0, 0.1) is 6.92 Å². The van der Waals surface area contributed by atoms with E-state index in [1.54, 1.807) is 7.11 Å². The molecule has 8 heteroatoms. The Morgan fingerprint density at radius 3 is 2.67 bits per heavy atom. The van der Waals surface area contributed by atoms with E-state index in [0.717, 1.165) is 63.6 Å². The summed E-state index contributed by atoms with van der Waals surface area (Å²) in [7, 11) is 1.72. The van der Waals surface area contributed by atoms with Gasteiger partial charge in [-0.15, -0.1) is 24.0 Å². The number of ether oxygens (including phenoxy) is 2. The van der Waals surface area contributed by atoms with Crippen molar-refractivity contribution in [2.24, 2.45) is 4.99 Å². The third-order valence-electron chi connectivity index (χ3n) is 4.86. The number of likely N-dealkylation sites (tertiary alicyclic amines) is 1. The van der Waals surface area contributed by atoms with Crippen LogP contribution in [0.4, 0.5) is 0 Å². The van der Waals surface area contributed by atoms with Crippen molar-refractivity contribution in [3.63, 3.8) is 0 Å². The fourth-order valence-corrected chi connectivity index (χ4v) is 3.33. The number of nitrogens with zero attached hydrogens (tertiary/aromatic N) is 2. The maximum Gasteiger partial charge on any atom is 0.251 e. The Bertz CT molecular complexity index is 649. The lowest BCUT2D eigenvalue weighted by Crippen LogP contribution is -2.47. The lowest BCUT2D eigenvalue weighted by Gasteiger charge is -2.34. The van der Waals surface area contributed by atoms with E-state index in [1.807, 2.05) is 31.2 Å². The normalized spacial score (nSPS) is 14.9. The molecule has 2 N–H and O–H groups in total. The molecule has 1 aliphatic heterocycles. The molecule has 1 saturated heterocycles. The van der Waals surface area contributed by atoms with Crippen LogP contribution in [0.15, 0.2) is 29.3 Å². The highest BCUT2D eigenvalue weighted by molar-refractivity contribution is 14.0. The Morgan fingerprint density at radius 2 is 2.00 bits per heavy atom. The SMILES string of the molecule is CCNC(=NCCNC(=O)c1cccc(C)c1)N1CCC(OCCCOC)CC1.I. The fourth-order valence-electron chi connectivity index (χ4n) is 3.33. The van der Waals surface area contributed by atoms with Gasteiger partial charge in [0.2, 0.25) is 0 Å². The van der Waals surface area contributed by atoms with E-state index < -0.39 is 0 Å². The fraction of sp³-hybridized carbons (Fsp3) is 0.636. The molecule has 170 valence electrons. The lowest BCUT2D eigenvalue weighted by atomic mass is 10.1. The molecule has 0 aliphatic carbocycles. The van der Waals surface area contributed by atoms with Gasteiger partial charge >= 0.3 is 0 Å². The van der Waals surface area contributed by atoms with E-state index in [4.69, 9.17) is 14.5 Å². The molecule has 1 fully saturated rings. The van der Waals surface area contributed by atoms with Gasteiger partial charge in [0.05, 0.1) is 12.6 Å². The molecule has 1 aromatic rings. The molecule has 0 radical (unpaired) electrons. The zero-order chi connectivity index (χ0) is 20.9. The number of carbonyl (C=O) groups excluding carboxylic acids is 1. The number of rotatable bonds is 10. The molecule has 30 heavy (non-hydrogen) atoms. The molecule has 0 spiro atoms. The summed E-state index contributed by atoms with van der Waals surface area (Å²) in [5.41, 5.74) is 1.77. The maximum atomic E-state index is 12.2. The number of aliphatic imine (C=N–C) groups is 1. The average Bonchev–Trinajstić information content (AvgIpc) is 2.74. The molecule has 2 rings (SSSR count). The van der Waals surface area contributed by atoms with Crippen molar-refractivity contribution in [3.05, 3.63) is 35.4 Å². The summed E-state index contributed by atoms with van der Waals surface area (Å²) in [6.45, 7) is 9.30. The highest BCUT2D eigenvalue weighted by Gasteiger charge is 2.21. The Kier molecular flexibility index (Phi) is 13.7. The standard InChI is InChI=1S/C22H36N4O3.HI/c1-4-23-22(26-13-9-20(10-14-26)29-16-6-15-28-3)25-12-11-24-21(27)19-8-5-7-18(2)17-19;/h5,7-8,17,20H,4,6,9-16H2,1-3H3,(H,23,25)(H,24,27);1H. The monoisotopic (exact) mass is 532 g/mol. The number of piperidine rings is 1. The van der Waals surface area contributed by atoms with Crippen molar-refractivity contribution < 1.29 is 14.3 Å². The summed E-state index contributed by atoms with van der Waals surface area (Å²) in [6.07, 6.45) is 3.26. The van der Waals surface area contributed by atoms with Crippen molar-refractivity contribution in [1.29, 1.82) is 0 Å². The zero-order valence-electron chi connectivity index (χ0n) is 18.5. The summed E-state index contributed by atoms with van der Waals surface area (Å²) in [5, 5.41) is 6.30. The molecule has 1 heterocycles. The highest BCUT2D eigenvalue weighted by atomic mass is 127. The molecule has 0 saturated carbocycles. The van der Waals surface area contributed by atoms with Gasteiger partial charge in [0.25, 0.3) is 5.91 Å². The summed E-state index contributed by atoms with van der Waals surface area (Å²) in [6, 6.07) is 7.61. The van der Waals surface area contributed by atoms with Crippen LogP contribution in [0.25, 0.3) is 0 Å². The van der Waals surface area contributed by atoms with Gasteiger partial charge < -0.3 is 25.0 Å². The number of benzene rings is 1. The topological polar surface area (TPSA) is 75.2 Å². The van der Waals surface area contributed by atoms with Crippen molar-refractivity contribution in [2.45, 2.75) is 39.2 Å². The summed E-state index contributed by atoms with van der Waals surface area (Å²) >= 11 is 0. The lowest BCUT2D eigenvalue weighted by molar-refractivity contribution is 0.00990. The second-order valence-electron chi connectivity index (χ2n) is 7.26. The predicted molar refractivity (Wildman–Crippen MR) is 132 cm³/mol. The van der Waals surface area contributed by atoms with Crippen LogP contribution >= 0.6 is 24.0 Å². The molecule has 0 unspecified atom stereocenters. The van der Waals surface area contributed by atoms with E-state index in [2.05, 4.69) is 22.5 Å². The van der Waals surface area contributed by atoms with E-state index in [9.17, 15) is 4.79 Å². The molecule has 1 aliphatic rings. The maximum absolute atomic E-state index is 12.2. The van der Waals surface area contributed by atoms with Gasteiger partial charge in [0, 0.05) is 52.1 Å².